The fourth-order valence-electron chi connectivity index (χ4n) is 1.96. The molecule has 5 heteroatoms. The predicted octanol–water partition coefficient (Wildman–Crippen LogP) is 7.74. The van der Waals surface area contributed by atoms with E-state index in [1.54, 1.807) is 11.8 Å². The fraction of sp³-hybridized carbons (Fsp3) is 0.250. The molecular weight excluding hydrogens is 366 g/mol. The lowest BCUT2D eigenvalue weighted by Gasteiger charge is -2.15. The largest absolute Gasteiger partial charge is 0.118 e. The summed E-state index contributed by atoms with van der Waals surface area (Å²) >= 11 is 26.3. The van der Waals surface area contributed by atoms with Gasteiger partial charge in [-0.25, -0.2) is 0 Å². The quantitative estimate of drug-likeness (QED) is 0.489. The molecule has 0 aliphatic heterocycles. The van der Waals surface area contributed by atoms with Crippen LogP contribution in [0.3, 0.4) is 0 Å². The van der Waals surface area contributed by atoms with Gasteiger partial charge in [-0.3, -0.25) is 0 Å². The maximum Gasteiger partial charge on any atom is 0.0568 e. The van der Waals surface area contributed by atoms with E-state index < -0.39 is 0 Å². The van der Waals surface area contributed by atoms with Crippen LogP contribution in [-0.2, 0) is 0 Å². The number of hydrogen-bond acceptors (Lipinski definition) is 1. The minimum absolute atomic E-state index is 0.115. The van der Waals surface area contributed by atoms with Crippen LogP contribution in [0.15, 0.2) is 46.2 Å². The van der Waals surface area contributed by atoms with Crippen LogP contribution in [0.5, 0.6) is 0 Å². The Kier molecular flexibility index (Phi) is 6.16. The van der Waals surface area contributed by atoms with Gasteiger partial charge < -0.3 is 0 Å². The Morgan fingerprint density at radius 1 is 0.762 bits per heavy atom. The molecule has 0 nitrogen and oxygen atoms in total. The Labute approximate surface area is 149 Å². The van der Waals surface area contributed by atoms with Gasteiger partial charge in [0.1, 0.15) is 0 Å². The van der Waals surface area contributed by atoms with Crippen molar-refractivity contribution in [2.24, 2.45) is 0 Å². The number of rotatable bonds is 4. The van der Waals surface area contributed by atoms with Gasteiger partial charge in [0.05, 0.1) is 10.8 Å². The van der Waals surface area contributed by atoms with Crippen LogP contribution in [0.25, 0.3) is 0 Å². The highest BCUT2D eigenvalue weighted by Gasteiger charge is 2.14. The van der Waals surface area contributed by atoms with E-state index in [2.05, 4.69) is 0 Å². The van der Waals surface area contributed by atoms with Gasteiger partial charge in [0.25, 0.3) is 0 Å². The summed E-state index contributed by atoms with van der Waals surface area (Å²) in [6.45, 7) is 3.87. The molecule has 0 aromatic heterocycles. The van der Waals surface area contributed by atoms with Crippen LogP contribution in [0.1, 0.15) is 35.7 Å². The van der Waals surface area contributed by atoms with Crippen molar-refractivity contribution in [3.8, 4) is 0 Å². The molecule has 0 fully saturated rings. The van der Waals surface area contributed by atoms with E-state index in [9.17, 15) is 0 Å². The molecule has 0 spiro atoms. The standard InChI is InChI=1S/C16H14Cl4S/c1-9(17)13-7-11(19)3-5-15(13)21-16-6-4-12(20)8-14(16)10(2)18/h3-10H,1-2H3. The zero-order valence-electron chi connectivity index (χ0n) is 11.5. The van der Waals surface area contributed by atoms with Crippen LogP contribution in [0, 0.1) is 0 Å². The van der Waals surface area contributed by atoms with Gasteiger partial charge in [0.15, 0.2) is 0 Å². The average molecular weight is 380 g/mol. The fourth-order valence-corrected chi connectivity index (χ4v) is 4.03. The van der Waals surface area contributed by atoms with Crippen molar-refractivity contribution in [1.82, 2.24) is 0 Å². The molecule has 0 bridgehead atoms. The molecular formula is C16H14Cl4S. The van der Waals surface area contributed by atoms with Crippen molar-refractivity contribution in [2.75, 3.05) is 0 Å². The first-order valence-electron chi connectivity index (χ1n) is 6.43. The van der Waals surface area contributed by atoms with Crippen molar-refractivity contribution in [1.29, 1.82) is 0 Å². The highest BCUT2D eigenvalue weighted by Crippen LogP contribution is 2.41. The highest BCUT2D eigenvalue weighted by molar-refractivity contribution is 7.99. The Balaban J connectivity index is 2.43. The maximum absolute atomic E-state index is 6.25. The van der Waals surface area contributed by atoms with Gasteiger partial charge in [-0.1, -0.05) is 35.0 Å². The summed E-state index contributed by atoms with van der Waals surface area (Å²) < 4.78 is 0. The molecule has 2 unspecified atom stereocenters. The zero-order valence-corrected chi connectivity index (χ0v) is 15.4. The molecule has 0 saturated heterocycles. The third kappa shape index (κ3) is 4.46. The van der Waals surface area contributed by atoms with Crippen molar-refractivity contribution in [2.45, 2.75) is 34.4 Å². The summed E-state index contributed by atoms with van der Waals surface area (Å²) in [4.78, 5) is 2.14. The number of hydrogen-bond donors (Lipinski definition) is 0. The lowest BCUT2D eigenvalue weighted by molar-refractivity contribution is 1.02. The Morgan fingerprint density at radius 3 is 1.48 bits per heavy atom. The lowest BCUT2D eigenvalue weighted by Crippen LogP contribution is -1.92. The van der Waals surface area contributed by atoms with Gasteiger partial charge in [-0.05, 0) is 61.4 Å². The second-order valence-corrected chi connectivity index (χ2v) is 7.96. The molecule has 112 valence electrons. The van der Waals surface area contributed by atoms with Crippen molar-refractivity contribution < 1.29 is 0 Å². The Hall–Kier alpha value is -0.0500. The number of alkyl halides is 2. The lowest BCUT2D eigenvalue weighted by atomic mass is 10.1. The molecule has 21 heavy (non-hydrogen) atoms. The van der Waals surface area contributed by atoms with Gasteiger partial charge in [0, 0.05) is 19.8 Å². The third-order valence-electron chi connectivity index (χ3n) is 3.02. The first kappa shape index (κ1) is 17.3. The van der Waals surface area contributed by atoms with Crippen LogP contribution in [-0.4, -0.2) is 0 Å². The van der Waals surface area contributed by atoms with Crippen LogP contribution in [0.4, 0.5) is 0 Å². The molecule has 0 aliphatic carbocycles. The minimum atomic E-state index is -0.115. The van der Waals surface area contributed by atoms with Gasteiger partial charge in [-0.2, -0.15) is 0 Å². The minimum Gasteiger partial charge on any atom is -0.118 e. The molecule has 0 heterocycles. The van der Waals surface area contributed by atoms with Gasteiger partial charge in [0.2, 0.25) is 0 Å². The van der Waals surface area contributed by atoms with E-state index in [1.165, 1.54) is 0 Å². The van der Waals surface area contributed by atoms with Crippen molar-refractivity contribution in [3.63, 3.8) is 0 Å². The van der Waals surface area contributed by atoms with Crippen LogP contribution >= 0.6 is 58.2 Å². The van der Waals surface area contributed by atoms with E-state index in [4.69, 9.17) is 46.4 Å². The van der Waals surface area contributed by atoms with E-state index >= 15 is 0 Å². The summed E-state index contributed by atoms with van der Waals surface area (Å²) in [5.41, 5.74) is 2.02. The number of benzene rings is 2. The smallest absolute Gasteiger partial charge is 0.0568 e. The molecule has 0 N–H and O–H groups in total. The molecule has 0 aliphatic rings. The summed E-state index contributed by atoms with van der Waals surface area (Å²) in [5, 5.41) is 1.14. The molecule has 2 aromatic rings. The van der Waals surface area contributed by atoms with Crippen LogP contribution < -0.4 is 0 Å². The highest BCUT2D eigenvalue weighted by atomic mass is 35.5. The summed E-state index contributed by atoms with van der Waals surface area (Å²) in [6, 6.07) is 11.5. The van der Waals surface area contributed by atoms with Gasteiger partial charge in [-0.15, -0.1) is 23.2 Å². The van der Waals surface area contributed by atoms with Crippen molar-refractivity contribution >= 4 is 58.2 Å². The van der Waals surface area contributed by atoms with Crippen LogP contribution in [0.2, 0.25) is 10.0 Å². The van der Waals surface area contributed by atoms with Crippen molar-refractivity contribution in [3.05, 3.63) is 57.6 Å². The SMILES string of the molecule is CC(Cl)c1cc(Cl)ccc1Sc1ccc(Cl)cc1C(C)Cl. The predicted molar refractivity (Wildman–Crippen MR) is 95.6 cm³/mol. The first-order chi connectivity index (χ1) is 9.88. The molecule has 0 radical (unpaired) electrons. The molecule has 2 atom stereocenters. The summed E-state index contributed by atoms with van der Waals surface area (Å²) in [7, 11) is 0. The molecule has 2 rings (SSSR count). The Morgan fingerprint density at radius 2 is 1.14 bits per heavy atom. The van der Waals surface area contributed by atoms with E-state index in [0.717, 1.165) is 20.9 Å². The van der Waals surface area contributed by atoms with E-state index in [1.807, 2.05) is 50.2 Å². The third-order valence-corrected chi connectivity index (χ3v) is 5.14. The zero-order chi connectivity index (χ0) is 15.6. The Bertz CT molecular complexity index is 583. The average Bonchev–Trinajstić information content (AvgIpc) is 2.42. The monoisotopic (exact) mass is 378 g/mol. The second kappa shape index (κ2) is 7.48. The van der Waals surface area contributed by atoms with Gasteiger partial charge >= 0.3 is 0 Å². The first-order valence-corrected chi connectivity index (χ1v) is 8.88. The second-order valence-electron chi connectivity index (χ2n) is 4.70. The summed E-state index contributed by atoms with van der Waals surface area (Å²) in [6.07, 6.45) is 0. The number of halogens is 4. The topological polar surface area (TPSA) is 0 Å². The maximum atomic E-state index is 6.25. The summed E-state index contributed by atoms with van der Waals surface area (Å²) in [5.74, 6) is 0. The van der Waals surface area contributed by atoms with E-state index in [0.29, 0.717) is 10.0 Å². The molecule has 2 aromatic carbocycles. The normalized spacial score (nSPS) is 14.0. The molecule has 0 amide bonds. The molecule has 0 saturated carbocycles. The van der Waals surface area contributed by atoms with E-state index in [-0.39, 0.29) is 10.8 Å².